The fourth-order valence-corrected chi connectivity index (χ4v) is 4.52. The van der Waals surface area contributed by atoms with Crippen molar-refractivity contribution in [1.82, 2.24) is 4.90 Å². The Hall–Kier alpha value is -2.57. The SMILES string of the molecule is COc1ccc([C@H]2CCCCCN2CC(=O)Nc2ccc(N3CCOCC3)cc2)cc1. The van der Waals surface area contributed by atoms with Gasteiger partial charge in [-0.1, -0.05) is 25.0 Å². The first-order valence-electron chi connectivity index (χ1n) is 11.3. The Morgan fingerprint density at radius 1 is 1.00 bits per heavy atom. The highest BCUT2D eigenvalue weighted by Crippen LogP contribution is 2.31. The molecule has 0 radical (unpaired) electrons. The molecule has 2 aliphatic heterocycles. The molecule has 166 valence electrons. The minimum Gasteiger partial charge on any atom is -0.497 e. The number of hydrogen-bond donors (Lipinski definition) is 1. The molecule has 2 aromatic carbocycles. The molecule has 0 bridgehead atoms. The number of amides is 1. The topological polar surface area (TPSA) is 54.0 Å². The molecule has 0 saturated carbocycles. The van der Waals surface area contributed by atoms with Crippen LogP contribution in [-0.4, -0.2) is 57.3 Å². The molecule has 0 aliphatic carbocycles. The van der Waals surface area contributed by atoms with Crippen LogP contribution >= 0.6 is 0 Å². The number of hydrogen-bond acceptors (Lipinski definition) is 5. The van der Waals surface area contributed by atoms with E-state index in [1.165, 1.54) is 24.1 Å². The van der Waals surface area contributed by atoms with Gasteiger partial charge < -0.3 is 19.7 Å². The van der Waals surface area contributed by atoms with Crippen LogP contribution in [0.3, 0.4) is 0 Å². The molecule has 6 nitrogen and oxygen atoms in total. The van der Waals surface area contributed by atoms with Crippen molar-refractivity contribution in [3.05, 3.63) is 54.1 Å². The van der Waals surface area contributed by atoms with Crippen LogP contribution in [0.4, 0.5) is 11.4 Å². The van der Waals surface area contributed by atoms with Gasteiger partial charge in [0.15, 0.2) is 0 Å². The highest BCUT2D eigenvalue weighted by Gasteiger charge is 2.24. The summed E-state index contributed by atoms with van der Waals surface area (Å²) in [6, 6.07) is 16.7. The van der Waals surface area contributed by atoms with Crippen LogP contribution in [0.2, 0.25) is 0 Å². The predicted octanol–water partition coefficient (Wildman–Crippen LogP) is 4.09. The van der Waals surface area contributed by atoms with Gasteiger partial charge in [0, 0.05) is 30.5 Å². The summed E-state index contributed by atoms with van der Waals surface area (Å²) in [4.78, 5) is 17.5. The molecular weight excluding hydrogens is 390 g/mol. The number of ether oxygens (including phenoxy) is 2. The lowest BCUT2D eigenvalue weighted by Crippen LogP contribution is -2.36. The van der Waals surface area contributed by atoms with Crippen LogP contribution in [0.15, 0.2) is 48.5 Å². The molecule has 2 aromatic rings. The number of morpholine rings is 1. The van der Waals surface area contributed by atoms with Crippen molar-refractivity contribution in [2.75, 3.05) is 56.7 Å². The first-order chi connectivity index (χ1) is 15.2. The summed E-state index contributed by atoms with van der Waals surface area (Å²) in [5, 5.41) is 3.09. The first kappa shape index (κ1) is 21.7. The maximum atomic E-state index is 12.9. The Kier molecular flexibility index (Phi) is 7.43. The second-order valence-electron chi connectivity index (χ2n) is 8.30. The molecular formula is C25H33N3O3. The largest absolute Gasteiger partial charge is 0.497 e. The van der Waals surface area contributed by atoms with Crippen molar-refractivity contribution in [1.29, 1.82) is 0 Å². The van der Waals surface area contributed by atoms with Crippen molar-refractivity contribution in [2.24, 2.45) is 0 Å². The average molecular weight is 424 g/mol. The maximum Gasteiger partial charge on any atom is 0.238 e. The van der Waals surface area contributed by atoms with Gasteiger partial charge in [-0.05, 0) is 61.3 Å². The van der Waals surface area contributed by atoms with Crippen molar-refractivity contribution >= 4 is 17.3 Å². The quantitative estimate of drug-likeness (QED) is 0.759. The maximum absolute atomic E-state index is 12.9. The third-order valence-electron chi connectivity index (χ3n) is 6.24. The Balaban J connectivity index is 1.38. The molecule has 4 rings (SSSR count). The summed E-state index contributed by atoms with van der Waals surface area (Å²) in [6.45, 7) is 4.70. The van der Waals surface area contributed by atoms with E-state index in [9.17, 15) is 4.79 Å². The van der Waals surface area contributed by atoms with Crippen molar-refractivity contribution in [3.63, 3.8) is 0 Å². The zero-order valence-corrected chi connectivity index (χ0v) is 18.4. The zero-order valence-electron chi connectivity index (χ0n) is 18.4. The van der Waals surface area contributed by atoms with E-state index in [1.807, 2.05) is 24.3 Å². The molecule has 1 amide bonds. The van der Waals surface area contributed by atoms with Crippen LogP contribution in [0.5, 0.6) is 5.75 Å². The van der Waals surface area contributed by atoms with Crippen LogP contribution in [-0.2, 0) is 9.53 Å². The van der Waals surface area contributed by atoms with E-state index in [0.717, 1.165) is 57.1 Å². The van der Waals surface area contributed by atoms with E-state index in [1.54, 1.807) is 7.11 Å². The summed E-state index contributed by atoms with van der Waals surface area (Å²) in [5.41, 5.74) is 3.27. The van der Waals surface area contributed by atoms with Gasteiger partial charge in [0.1, 0.15) is 5.75 Å². The number of benzene rings is 2. The number of carbonyl (C=O) groups is 1. The van der Waals surface area contributed by atoms with Gasteiger partial charge in [-0.15, -0.1) is 0 Å². The fraction of sp³-hybridized carbons (Fsp3) is 0.480. The smallest absolute Gasteiger partial charge is 0.238 e. The van der Waals surface area contributed by atoms with E-state index in [-0.39, 0.29) is 11.9 Å². The Labute approximate surface area is 185 Å². The molecule has 31 heavy (non-hydrogen) atoms. The number of nitrogens with one attached hydrogen (secondary N) is 1. The van der Waals surface area contributed by atoms with E-state index < -0.39 is 0 Å². The number of likely N-dealkylation sites (tertiary alicyclic amines) is 1. The first-order valence-corrected chi connectivity index (χ1v) is 11.3. The van der Waals surface area contributed by atoms with Crippen LogP contribution in [0.1, 0.15) is 37.3 Å². The molecule has 0 unspecified atom stereocenters. The molecule has 2 heterocycles. The normalized spacial score (nSPS) is 20.2. The Morgan fingerprint density at radius 3 is 2.45 bits per heavy atom. The second kappa shape index (κ2) is 10.6. The van der Waals surface area contributed by atoms with Gasteiger partial charge in [-0.25, -0.2) is 0 Å². The van der Waals surface area contributed by atoms with E-state index in [4.69, 9.17) is 9.47 Å². The van der Waals surface area contributed by atoms with E-state index in [2.05, 4.69) is 39.4 Å². The van der Waals surface area contributed by atoms with Crippen molar-refractivity contribution in [3.8, 4) is 5.75 Å². The molecule has 2 saturated heterocycles. The summed E-state index contributed by atoms with van der Waals surface area (Å²) < 4.78 is 10.7. The standard InChI is InChI=1S/C25H33N3O3/c1-30-23-12-6-20(7-13-23)24-5-3-2-4-14-28(24)19-25(29)26-21-8-10-22(11-9-21)27-15-17-31-18-16-27/h6-13,24H,2-5,14-19H2,1H3,(H,26,29)/t24-/m1/s1. The molecule has 0 spiro atoms. The molecule has 2 aliphatic rings. The highest BCUT2D eigenvalue weighted by atomic mass is 16.5. The van der Waals surface area contributed by atoms with Crippen molar-refractivity contribution in [2.45, 2.75) is 31.7 Å². The lowest BCUT2D eigenvalue weighted by molar-refractivity contribution is -0.117. The fourth-order valence-electron chi connectivity index (χ4n) is 4.52. The van der Waals surface area contributed by atoms with Crippen LogP contribution in [0.25, 0.3) is 0 Å². The van der Waals surface area contributed by atoms with Gasteiger partial charge in [0.2, 0.25) is 5.91 Å². The highest BCUT2D eigenvalue weighted by molar-refractivity contribution is 5.92. The second-order valence-corrected chi connectivity index (χ2v) is 8.30. The van der Waals surface area contributed by atoms with Gasteiger partial charge in [-0.2, -0.15) is 0 Å². The minimum absolute atomic E-state index is 0.0412. The monoisotopic (exact) mass is 423 g/mol. The Morgan fingerprint density at radius 2 is 1.74 bits per heavy atom. The average Bonchev–Trinajstić information content (AvgIpc) is 3.05. The third kappa shape index (κ3) is 5.77. The van der Waals surface area contributed by atoms with Gasteiger partial charge in [-0.3, -0.25) is 9.69 Å². The summed E-state index contributed by atoms with van der Waals surface area (Å²) in [5.74, 6) is 0.904. The number of methoxy groups -OCH3 is 1. The lowest BCUT2D eigenvalue weighted by atomic mass is 10.0. The summed E-state index contributed by atoms with van der Waals surface area (Å²) in [6.07, 6.45) is 4.62. The van der Waals surface area contributed by atoms with E-state index >= 15 is 0 Å². The summed E-state index contributed by atoms with van der Waals surface area (Å²) >= 11 is 0. The third-order valence-corrected chi connectivity index (χ3v) is 6.24. The molecule has 6 heteroatoms. The predicted molar refractivity (Wildman–Crippen MR) is 124 cm³/mol. The van der Waals surface area contributed by atoms with Crippen LogP contribution in [0, 0.1) is 0 Å². The van der Waals surface area contributed by atoms with Crippen LogP contribution < -0.4 is 15.0 Å². The number of carbonyl (C=O) groups excluding carboxylic acids is 1. The van der Waals surface area contributed by atoms with Gasteiger partial charge >= 0.3 is 0 Å². The Bertz CT molecular complexity index is 832. The molecule has 1 atom stereocenters. The molecule has 0 aromatic heterocycles. The summed E-state index contributed by atoms with van der Waals surface area (Å²) in [7, 11) is 1.69. The minimum atomic E-state index is 0.0412. The molecule has 1 N–H and O–H groups in total. The van der Waals surface area contributed by atoms with Gasteiger partial charge in [0.25, 0.3) is 0 Å². The zero-order chi connectivity index (χ0) is 21.5. The lowest BCUT2D eigenvalue weighted by Gasteiger charge is -2.30. The van der Waals surface area contributed by atoms with E-state index in [0.29, 0.717) is 6.54 Å². The number of anilines is 2. The van der Waals surface area contributed by atoms with Gasteiger partial charge in [0.05, 0.1) is 26.9 Å². The van der Waals surface area contributed by atoms with Crippen molar-refractivity contribution < 1.29 is 14.3 Å². The molecule has 2 fully saturated rings. The number of rotatable bonds is 6. The number of nitrogens with zero attached hydrogens (tertiary/aromatic N) is 2.